The lowest BCUT2D eigenvalue weighted by atomic mass is 10.0. The van der Waals surface area contributed by atoms with Crippen LogP contribution in [0.3, 0.4) is 0 Å². The van der Waals surface area contributed by atoms with Gasteiger partial charge in [-0.3, -0.25) is 0 Å². The van der Waals surface area contributed by atoms with Gasteiger partial charge in [0.2, 0.25) is 0 Å². The zero-order valence-electron chi connectivity index (χ0n) is 7.80. The van der Waals surface area contributed by atoms with Crippen LogP contribution < -0.4 is 0 Å². The standard InChI is InChI=1S/C10H12BrFO2/c1-6-4-7(11)5-8(10(6)12)9(14)2-3-13/h4-5,9,13-14H,2-3H2,1H3. The van der Waals surface area contributed by atoms with Crippen molar-refractivity contribution >= 4 is 15.9 Å². The summed E-state index contributed by atoms with van der Waals surface area (Å²) in [5, 5.41) is 18.2. The zero-order valence-corrected chi connectivity index (χ0v) is 9.38. The van der Waals surface area contributed by atoms with Gasteiger partial charge in [-0.25, -0.2) is 4.39 Å². The molecule has 0 amide bonds. The van der Waals surface area contributed by atoms with Crippen molar-refractivity contribution in [3.63, 3.8) is 0 Å². The van der Waals surface area contributed by atoms with Gasteiger partial charge in [-0.2, -0.15) is 0 Å². The summed E-state index contributed by atoms with van der Waals surface area (Å²) in [6.07, 6.45) is -0.802. The molecule has 2 N–H and O–H groups in total. The van der Waals surface area contributed by atoms with Crippen LogP contribution in [0.5, 0.6) is 0 Å². The van der Waals surface area contributed by atoms with Gasteiger partial charge in [-0.05, 0) is 24.6 Å². The van der Waals surface area contributed by atoms with E-state index in [0.29, 0.717) is 5.56 Å². The highest BCUT2D eigenvalue weighted by atomic mass is 79.9. The highest BCUT2D eigenvalue weighted by molar-refractivity contribution is 9.10. The van der Waals surface area contributed by atoms with E-state index in [9.17, 15) is 9.50 Å². The summed E-state index contributed by atoms with van der Waals surface area (Å²) in [4.78, 5) is 0. The van der Waals surface area contributed by atoms with E-state index in [1.807, 2.05) is 0 Å². The minimum atomic E-state index is -0.948. The Morgan fingerprint density at radius 2 is 2.14 bits per heavy atom. The monoisotopic (exact) mass is 262 g/mol. The van der Waals surface area contributed by atoms with E-state index in [2.05, 4.69) is 15.9 Å². The lowest BCUT2D eigenvalue weighted by Gasteiger charge is -2.12. The smallest absolute Gasteiger partial charge is 0.131 e. The molecular weight excluding hydrogens is 251 g/mol. The molecule has 0 saturated carbocycles. The first kappa shape index (κ1) is 11.6. The van der Waals surface area contributed by atoms with Crippen LogP contribution >= 0.6 is 15.9 Å². The summed E-state index contributed by atoms with van der Waals surface area (Å²) in [7, 11) is 0. The SMILES string of the molecule is Cc1cc(Br)cc(C(O)CCO)c1F. The lowest BCUT2D eigenvalue weighted by Crippen LogP contribution is -2.04. The number of aryl methyl sites for hydroxylation is 1. The Bertz CT molecular complexity index is 328. The second kappa shape index (κ2) is 4.87. The fourth-order valence-corrected chi connectivity index (χ4v) is 1.86. The lowest BCUT2D eigenvalue weighted by molar-refractivity contribution is 0.130. The van der Waals surface area contributed by atoms with E-state index in [1.54, 1.807) is 13.0 Å². The molecule has 1 unspecified atom stereocenters. The highest BCUT2D eigenvalue weighted by Crippen LogP contribution is 2.26. The van der Waals surface area contributed by atoms with Gasteiger partial charge >= 0.3 is 0 Å². The second-order valence-electron chi connectivity index (χ2n) is 3.15. The summed E-state index contributed by atoms with van der Waals surface area (Å²) in [6.45, 7) is 1.47. The fourth-order valence-electron chi connectivity index (χ4n) is 1.27. The summed E-state index contributed by atoms with van der Waals surface area (Å²) in [5.74, 6) is -0.408. The van der Waals surface area contributed by atoms with Crippen LogP contribution in [-0.4, -0.2) is 16.8 Å². The van der Waals surface area contributed by atoms with Crippen molar-refractivity contribution in [3.8, 4) is 0 Å². The molecular formula is C10H12BrFO2. The Balaban J connectivity index is 3.07. The molecule has 0 bridgehead atoms. The number of benzene rings is 1. The first-order valence-electron chi connectivity index (χ1n) is 4.30. The van der Waals surface area contributed by atoms with Crippen molar-refractivity contribution in [1.29, 1.82) is 0 Å². The van der Waals surface area contributed by atoms with Gasteiger partial charge in [0.1, 0.15) is 5.82 Å². The molecule has 1 aromatic rings. The van der Waals surface area contributed by atoms with Crippen molar-refractivity contribution in [2.24, 2.45) is 0 Å². The molecule has 78 valence electrons. The molecule has 2 nitrogen and oxygen atoms in total. The van der Waals surface area contributed by atoms with E-state index in [1.165, 1.54) is 6.07 Å². The third-order valence-corrected chi connectivity index (χ3v) is 2.47. The van der Waals surface area contributed by atoms with Crippen molar-refractivity contribution < 1.29 is 14.6 Å². The Labute approximate surface area is 90.5 Å². The second-order valence-corrected chi connectivity index (χ2v) is 4.07. The number of aliphatic hydroxyl groups is 2. The normalized spacial score (nSPS) is 12.9. The van der Waals surface area contributed by atoms with Crippen molar-refractivity contribution in [3.05, 3.63) is 33.5 Å². The number of halogens is 2. The first-order chi connectivity index (χ1) is 6.56. The Morgan fingerprint density at radius 3 is 2.71 bits per heavy atom. The number of rotatable bonds is 3. The molecule has 0 aromatic heterocycles. The van der Waals surface area contributed by atoms with Crippen LogP contribution in [0, 0.1) is 12.7 Å². The van der Waals surface area contributed by atoms with Crippen LogP contribution in [0.25, 0.3) is 0 Å². The summed E-state index contributed by atoms with van der Waals surface area (Å²) in [5.41, 5.74) is 0.706. The fraction of sp³-hybridized carbons (Fsp3) is 0.400. The van der Waals surface area contributed by atoms with E-state index in [4.69, 9.17) is 5.11 Å². The van der Waals surface area contributed by atoms with E-state index in [-0.39, 0.29) is 18.6 Å². The molecule has 0 spiro atoms. The van der Waals surface area contributed by atoms with Gasteiger partial charge in [-0.15, -0.1) is 0 Å². The molecule has 0 radical (unpaired) electrons. The predicted octanol–water partition coefficient (Wildman–Crippen LogP) is 2.31. The third kappa shape index (κ3) is 2.53. The Hall–Kier alpha value is -0.450. The molecule has 14 heavy (non-hydrogen) atoms. The molecule has 1 atom stereocenters. The topological polar surface area (TPSA) is 40.5 Å². The molecule has 0 heterocycles. The third-order valence-electron chi connectivity index (χ3n) is 2.01. The minimum Gasteiger partial charge on any atom is -0.396 e. The molecule has 0 saturated heterocycles. The molecule has 0 aliphatic carbocycles. The van der Waals surface area contributed by atoms with E-state index < -0.39 is 11.9 Å². The van der Waals surface area contributed by atoms with Gasteiger partial charge in [0.05, 0.1) is 6.10 Å². The van der Waals surface area contributed by atoms with Gasteiger partial charge in [-0.1, -0.05) is 15.9 Å². The average Bonchev–Trinajstić information content (AvgIpc) is 2.11. The van der Waals surface area contributed by atoms with Crippen molar-refractivity contribution in [2.45, 2.75) is 19.4 Å². The minimum absolute atomic E-state index is 0.146. The van der Waals surface area contributed by atoms with Crippen LogP contribution in [0.1, 0.15) is 23.7 Å². The molecule has 1 rings (SSSR count). The summed E-state index contributed by atoms with van der Waals surface area (Å²) >= 11 is 3.23. The van der Waals surface area contributed by atoms with E-state index in [0.717, 1.165) is 4.47 Å². The van der Waals surface area contributed by atoms with Crippen LogP contribution in [-0.2, 0) is 0 Å². The Kier molecular flexibility index (Phi) is 4.04. The Morgan fingerprint density at radius 1 is 1.50 bits per heavy atom. The maximum absolute atomic E-state index is 13.5. The molecule has 1 aromatic carbocycles. The molecule has 0 aliphatic rings. The summed E-state index contributed by atoms with van der Waals surface area (Å²) < 4.78 is 14.2. The average molecular weight is 263 g/mol. The first-order valence-corrected chi connectivity index (χ1v) is 5.10. The number of hydrogen-bond donors (Lipinski definition) is 2. The molecule has 0 fully saturated rings. The predicted molar refractivity (Wildman–Crippen MR) is 55.5 cm³/mol. The van der Waals surface area contributed by atoms with Crippen molar-refractivity contribution in [1.82, 2.24) is 0 Å². The van der Waals surface area contributed by atoms with Crippen molar-refractivity contribution in [2.75, 3.05) is 6.61 Å². The van der Waals surface area contributed by atoms with Gasteiger partial charge < -0.3 is 10.2 Å². The van der Waals surface area contributed by atoms with Crippen LogP contribution in [0.4, 0.5) is 4.39 Å². The number of aliphatic hydroxyl groups excluding tert-OH is 2. The summed E-state index contributed by atoms with van der Waals surface area (Å²) in [6, 6.07) is 3.17. The molecule has 0 aliphatic heterocycles. The number of hydrogen-bond acceptors (Lipinski definition) is 2. The van der Waals surface area contributed by atoms with Crippen LogP contribution in [0.2, 0.25) is 0 Å². The maximum Gasteiger partial charge on any atom is 0.131 e. The molecule has 4 heteroatoms. The van der Waals surface area contributed by atoms with Gasteiger partial charge in [0.25, 0.3) is 0 Å². The quantitative estimate of drug-likeness (QED) is 0.878. The van der Waals surface area contributed by atoms with E-state index >= 15 is 0 Å². The highest BCUT2D eigenvalue weighted by Gasteiger charge is 2.14. The largest absolute Gasteiger partial charge is 0.396 e. The maximum atomic E-state index is 13.5. The van der Waals surface area contributed by atoms with Crippen LogP contribution in [0.15, 0.2) is 16.6 Å². The zero-order chi connectivity index (χ0) is 10.7. The van der Waals surface area contributed by atoms with Gasteiger partial charge in [0.15, 0.2) is 0 Å². The van der Waals surface area contributed by atoms with Gasteiger partial charge in [0, 0.05) is 23.1 Å².